The van der Waals surface area contributed by atoms with Crippen molar-refractivity contribution in [1.29, 1.82) is 0 Å². The van der Waals surface area contributed by atoms with Crippen LogP contribution in [0, 0.1) is 6.92 Å². The highest BCUT2D eigenvalue weighted by Crippen LogP contribution is 2.33. The number of rotatable bonds is 2. The molecule has 3 heterocycles. The SMILES string of the molecule is Cc1csc(C2CCCCN2C(=O)c2cnn(C(C)(C)C)c2)n1. The molecule has 6 heteroatoms. The number of nitrogens with zero attached hydrogens (tertiary/aromatic N) is 4. The number of carbonyl (C=O) groups excluding carboxylic acids is 1. The number of amides is 1. The van der Waals surface area contributed by atoms with E-state index in [4.69, 9.17) is 0 Å². The van der Waals surface area contributed by atoms with E-state index >= 15 is 0 Å². The minimum absolute atomic E-state index is 0.0676. The maximum absolute atomic E-state index is 13.0. The van der Waals surface area contributed by atoms with E-state index in [0.29, 0.717) is 5.56 Å². The van der Waals surface area contributed by atoms with E-state index < -0.39 is 0 Å². The molecule has 23 heavy (non-hydrogen) atoms. The average Bonchev–Trinajstić information content (AvgIpc) is 3.15. The second kappa shape index (κ2) is 6.07. The third-order valence-electron chi connectivity index (χ3n) is 4.20. The zero-order valence-electron chi connectivity index (χ0n) is 14.2. The third kappa shape index (κ3) is 3.32. The van der Waals surface area contributed by atoms with Crippen LogP contribution in [0.1, 0.15) is 67.1 Å². The van der Waals surface area contributed by atoms with Crippen LogP contribution in [-0.2, 0) is 5.54 Å². The van der Waals surface area contributed by atoms with Crippen LogP contribution in [0.25, 0.3) is 0 Å². The number of aryl methyl sites for hydroxylation is 1. The molecule has 0 bridgehead atoms. The Morgan fingerprint density at radius 3 is 2.74 bits per heavy atom. The minimum atomic E-state index is -0.119. The molecule has 1 saturated heterocycles. The van der Waals surface area contributed by atoms with E-state index in [-0.39, 0.29) is 17.5 Å². The molecule has 0 radical (unpaired) electrons. The molecule has 0 aromatic carbocycles. The van der Waals surface area contributed by atoms with E-state index in [1.807, 2.05) is 22.7 Å². The van der Waals surface area contributed by atoms with Crippen molar-refractivity contribution in [2.75, 3.05) is 6.54 Å². The topological polar surface area (TPSA) is 51.0 Å². The maximum Gasteiger partial charge on any atom is 0.257 e. The van der Waals surface area contributed by atoms with Crippen LogP contribution in [0.4, 0.5) is 0 Å². The van der Waals surface area contributed by atoms with E-state index in [9.17, 15) is 4.79 Å². The first-order valence-corrected chi connectivity index (χ1v) is 9.02. The molecule has 0 saturated carbocycles. The summed E-state index contributed by atoms with van der Waals surface area (Å²) in [6.07, 6.45) is 6.74. The molecule has 1 aliphatic heterocycles. The summed E-state index contributed by atoms with van der Waals surface area (Å²) in [5.74, 6) is 0.0676. The monoisotopic (exact) mass is 332 g/mol. The van der Waals surface area contributed by atoms with Gasteiger partial charge in [0.2, 0.25) is 0 Å². The van der Waals surface area contributed by atoms with Crippen LogP contribution >= 0.6 is 11.3 Å². The molecule has 1 atom stereocenters. The summed E-state index contributed by atoms with van der Waals surface area (Å²) in [6.45, 7) is 9.04. The highest BCUT2D eigenvalue weighted by molar-refractivity contribution is 7.09. The maximum atomic E-state index is 13.0. The highest BCUT2D eigenvalue weighted by atomic mass is 32.1. The van der Waals surface area contributed by atoms with Gasteiger partial charge in [-0.05, 0) is 47.0 Å². The van der Waals surface area contributed by atoms with Crippen molar-refractivity contribution < 1.29 is 4.79 Å². The number of thiazole rings is 1. The molecule has 1 fully saturated rings. The van der Waals surface area contributed by atoms with Gasteiger partial charge in [-0.25, -0.2) is 4.98 Å². The number of aromatic nitrogens is 3. The fourth-order valence-corrected chi connectivity index (χ4v) is 3.87. The Morgan fingerprint density at radius 1 is 1.35 bits per heavy atom. The summed E-state index contributed by atoms with van der Waals surface area (Å²) < 4.78 is 1.85. The molecule has 0 spiro atoms. The average molecular weight is 332 g/mol. The molecule has 3 rings (SSSR count). The zero-order chi connectivity index (χ0) is 16.6. The van der Waals surface area contributed by atoms with Crippen LogP contribution < -0.4 is 0 Å². The van der Waals surface area contributed by atoms with E-state index in [1.54, 1.807) is 17.5 Å². The van der Waals surface area contributed by atoms with Crippen molar-refractivity contribution in [3.63, 3.8) is 0 Å². The van der Waals surface area contributed by atoms with Gasteiger partial charge in [-0.2, -0.15) is 5.10 Å². The van der Waals surface area contributed by atoms with Crippen LogP contribution in [0.2, 0.25) is 0 Å². The molecular formula is C17H24N4OS. The van der Waals surface area contributed by atoms with Crippen molar-refractivity contribution in [3.8, 4) is 0 Å². The lowest BCUT2D eigenvalue weighted by molar-refractivity contribution is 0.0611. The molecule has 2 aromatic rings. The lowest BCUT2D eigenvalue weighted by atomic mass is 10.0. The van der Waals surface area contributed by atoms with Gasteiger partial charge in [0.25, 0.3) is 5.91 Å². The van der Waals surface area contributed by atoms with E-state index in [2.05, 4.69) is 36.2 Å². The van der Waals surface area contributed by atoms with Crippen molar-refractivity contribution >= 4 is 17.2 Å². The first kappa shape index (κ1) is 16.2. The number of likely N-dealkylation sites (tertiary alicyclic amines) is 1. The van der Waals surface area contributed by atoms with Crippen molar-refractivity contribution in [2.45, 2.75) is 58.5 Å². The van der Waals surface area contributed by atoms with Crippen molar-refractivity contribution in [1.82, 2.24) is 19.7 Å². The summed E-state index contributed by atoms with van der Waals surface area (Å²) in [5, 5.41) is 7.48. The Morgan fingerprint density at radius 2 is 2.13 bits per heavy atom. The first-order valence-electron chi connectivity index (χ1n) is 8.14. The van der Waals surface area contributed by atoms with Gasteiger partial charge in [0.05, 0.1) is 23.3 Å². The van der Waals surface area contributed by atoms with E-state index in [1.165, 1.54) is 0 Å². The minimum Gasteiger partial charge on any atom is -0.329 e. The van der Waals surface area contributed by atoms with Gasteiger partial charge in [-0.1, -0.05) is 0 Å². The van der Waals surface area contributed by atoms with Crippen LogP contribution in [-0.4, -0.2) is 32.1 Å². The standard InChI is InChI=1S/C17H24N4OS/c1-12-11-23-15(19-12)14-7-5-6-8-20(14)16(22)13-9-18-21(10-13)17(2,3)4/h9-11,14H,5-8H2,1-4H3. The highest BCUT2D eigenvalue weighted by Gasteiger charge is 2.31. The van der Waals surface area contributed by atoms with Crippen LogP contribution in [0.5, 0.6) is 0 Å². The number of piperidine rings is 1. The predicted molar refractivity (Wildman–Crippen MR) is 91.7 cm³/mol. The lowest BCUT2D eigenvalue weighted by Crippen LogP contribution is -2.38. The molecule has 124 valence electrons. The molecule has 0 aliphatic carbocycles. The van der Waals surface area contributed by atoms with Gasteiger partial charge in [0, 0.05) is 23.8 Å². The fraction of sp³-hybridized carbons (Fsp3) is 0.588. The van der Waals surface area contributed by atoms with Crippen molar-refractivity contribution in [2.24, 2.45) is 0 Å². The molecule has 5 nitrogen and oxygen atoms in total. The Hall–Kier alpha value is -1.69. The quantitative estimate of drug-likeness (QED) is 0.841. The summed E-state index contributed by atoms with van der Waals surface area (Å²) in [5.41, 5.74) is 1.58. The van der Waals surface area contributed by atoms with Gasteiger partial charge in [0.1, 0.15) is 5.01 Å². The molecular weight excluding hydrogens is 308 g/mol. The second-order valence-corrected chi connectivity index (χ2v) is 8.07. The second-order valence-electron chi connectivity index (χ2n) is 7.18. The fourth-order valence-electron chi connectivity index (χ4n) is 2.92. The first-order chi connectivity index (χ1) is 10.9. The summed E-state index contributed by atoms with van der Waals surface area (Å²) >= 11 is 1.66. The molecule has 0 N–H and O–H groups in total. The van der Waals surface area contributed by atoms with Gasteiger partial charge in [-0.15, -0.1) is 11.3 Å². The van der Waals surface area contributed by atoms with Crippen LogP contribution in [0.15, 0.2) is 17.8 Å². The Bertz CT molecular complexity index is 698. The normalized spacial score (nSPS) is 19.1. The summed E-state index contributed by atoms with van der Waals surface area (Å²) in [6, 6.07) is 0.105. The van der Waals surface area contributed by atoms with Crippen molar-refractivity contribution in [3.05, 3.63) is 34.0 Å². The van der Waals surface area contributed by atoms with Gasteiger partial charge < -0.3 is 4.90 Å². The molecule has 1 unspecified atom stereocenters. The number of hydrogen-bond donors (Lipinski definition) is 0. The molecule has 1 amide bonds. The Labute approximate surface area is 141 Å². The molecule has 1 aliphatic rings. The third-order valence-corrected chi connectivity index (χ3v) is 5.27. The summed E-state index contributed by atoms with van der Waals surface area (Å²) in [4.78, 5) is 19.6. The van der Waals surface area contributed by atoms with Gasteiger partial charge >= 0.3 is 0 Å². The zero-order valence-corrected chi connectivity index (χ0v) is 15.1. The number of carbonyl (C=O) groups is 1. The predicted octanol–water partition coefficient (Wildman–Crippen LogP) is 3.77. The van der Waals surface area contributed by atoms with Crippen LogP contribution in [0.3, 0.4) is 0 Å². The largest absolute Gasteiger partial charge is 0.329 e. The van der Waals surface area contributed by atoms with E-state index in [0.717, 1.165) is 36.5 Å². The van der Waals surface area contributed by atoms with Gasteiger partial charge in [-0.3, -0.25) is 9.48 Å². The molecule has 2 aromatic heterocycles. The smallest absolute Gasteiger partial charge is 0.257 e. The summed E-state index contributed by atoms with van der Waals surface area (Å²) in [7, 11) is 0. The Balaban J connectivity index is 1.85. The Kier molecular flexibility index (Phi) is 4.27. The number of hydrogen-bond acceptors (Lipinski definition) is 4. The lowest BCUT2D eigenvalue weighted by Gasteiger charge is -2.34. The van der Waals surface area contributed by atoms with Gasteiger partial charge in [0.15, 0.2) is 0 Å².